The molecule has 3 fully saturated rings. The van der Waals surface area contributed by atoms with Gasteiger partial charge in [-0.25, -0.2) is 9.88 Å². The van der Waals surface area contributed by atoms with E-state index in [9.17, 15) is 14.7 Å². The number of carbonyl (C=O) groups is 2. The van der Waals surface area contributed by atoms with E-state index in [1.54, 1.807) is 27.7 Å². The number of carbonyl (C=O) groups excluding carboxylic acids is 2. The quantitative estimate of drug-likeness (QED) is 0.764. The summed E-state index contributed by atoms with van der Waals surface area (Å²) in [5, 5.41) is 19.5. The van der Waals surface area contributed by atoms with Crippen molar-refractivity contribution in [2.24, 2.45) is 11.8 Å². The van der Waals surface area contributed by atoms with E-state index in [1.165, 1.54) is 6.20 Å². The van der Waals surface area contributed by atoms with Gasteiger partial charge in [0.15, 0.2) is 0 Å². The molecule has 3 saturated heterocycles. The third-order valence-corrected chi connectivity index (χ3v) is 6.25. The Morgan fingerprint density at radius 3 is 2.56 bits per heavy atom. The summed E-state index contributed by atoms with van der Waals surface area (Å²) in [6.45, 7) is 7.00. The number of pyridine rings is 1. The van der Waals surface area contributed by atoms with Crippen LogP contribution in [0.5, 0.6) is 0 Å². The number of hydrogen-bond donors (Lipinski definition) is 1. The second-order valence-electron chi connectivity index (χ2n) is 7.64. The van der Waals surface area contributed by atoms with E-state index >= 15 is 0 Å². The molecule has 130 valence electrons. The molecule has 0 aliphatic carbocycles. The van der Waals surface area contributed by atoms with Gasteiger partial charge in [-0.1, -0.05) is 0 Å². The van der Waals surface area contributed by atoms with Crippen molar-refractivity contribution in [3.05, 3.63) is 22.9 Å². The Labute approximate surface area is 145 Å². The van der Waals surface area contributed by atoms with Gasteiger partial charge in [-0.3, -0.25) is 9.59 Å². The number of ether oxygens (including phenoxy) is 1. The number of hydrogen-bond acceptors (Lipinski definition) is 6. The minimum absolute atomic E-state index is 0.266. The number of anilines is 1. The van der Waals surface area contributed by atoms with E-state index in [2.05, 4.69) is 11.1 Å². The Morgan fingerprint density at radius 1 is 1.28 bits per heavy atom. The second-order valence-corrected chi connectivity index (χ2v) is 7.64. The van der Waals surface area contributed by atoms with Crippen LogP contribution in [0.2, 0.25) is 0 Å². The average molecular weight is 341 g/mol. The molecule has 1 aromatic heterocycles. The van der Waals surface area contributed by atoms with E-state index in [0.29, 0.717) is 23.1 Å². The minimum atomic E-state index is -1.06. The first kappa shape index (κ1) is 16.2. The molecule has 25 heavy (non-hydrogen) atoms. The third kappa shape index (κ3) is 1.73. The predicted octanol–water partition coefficient (Wildman–Crippen LogP) is 0.988. The van der Waals surface area contributed by atoms with Crippen LogP contribution in [0.1, 0.15) is 37.0 Å². The van der Waals surface area contributed by atoms with Crippen LogP contribution in [0, 0.1) is 37.0 Å². The number of nitriles is 1. The van der Waals surface area contributed by atoms with Gasteiger partial charge in [-0.2, -0.15) is 5.26 Å². The number of imide groups is 1. The lowest BCUT2D eigenvalue weighted by molar-refractivity contribution is -0.132. The normalized spacial score (nSPS) is 39.0. The Kier molecular flexibility index (Phi) is 3.01. The van der Waals surface area contributed by atoms with Crippen molar-refractivity contribution in [2.75, 3.05) is 4.90 Å². The monoisotopic (exact) mass is 341 g/mol. The Balaban J connectivity index is 1.84. The van der Waals surface area contributed by atoms with Gasteiger partial charge in [0.2, 0.25) is 11.8 Å². The summed E-state index contributed by atoms with van der Waals surface area (Å²) in [6.07, 6.45) is 0.929. The van der Waals surface area contributed by atoms with Crippen LogP contribution in [0.25, 0.3) is 0 Å². The van der Waals surface area contributed by atoms with E-state index in [0.717, 1.165) is 4.90 Å². The predicted molar refractivity (Wildman–Crippen MR) is 86.4 cm³/mol. The number of aromatic nitrogens is 1. The standard InChI is InChI=1S/C18H19N3O4/c1-8-9(2)14(20-7-10(8)6-19)21-15(23)12-13(16(21)24)18(4)11(22)5-17(12,3)25-18/h7,11-13,22H,5H2,1-4H3/t11-,12+,13-,17?,18?/m0/s1. The van der Waals surface area contributed by atoms with Crippen LogP contribution in [-0.2, 0) is 14.3 Å². The van der Waals surface area contributed by atoms with Crippen LogP contribution >= 0.6 is 0 Å². The fourth-order valence-electron chi connectivity index (χ4n) is 4.76. The molecule has 4 heterocycles. The molecular weight excluding hydrogens is 322 g/mol. The van der Waals surface area contributed by atoms with Crippen molar-refractivity contribution in [3.63, 3.8) is 0 Å². The number of rotatable bonds is 1. The van der Waals surface area contributed by atoms with Crippen LogP contribution in [0.3, 0.4) is 0 Å². The lowest BCUT2D eigenvalue weighted by Crippen LogP contribution is -2.49. The van der Waals surface area contributed by atoms with Crippen LogP contribution in [0.4, 0.5) is 5.82 Å². The molecule has 0 spiro atoms. The highest BCUT2D eigenvalue weighted by Crippen LogP contribution is 2.61. The molecule has 5 atom stereocenters. The molecule has 1 aromatic rings. The molecule has 2 unspecified atom stereocenters. The highest BCUT2D eigenvalue weighted by molar-refractivity contribution is 6.23. The summed E-state index contributed by atoms with van der Waals surface area (Å²) in [5.74, 6) is -1.80. The number of aliphatic hydroxyl groups is 1. The van der Waals surface area contributed by atoms with Crippen LogP contribution in [0.15, 0.2) is 6.20 Å². The number of nitrogens with zero attached hydrogens (tertiary/aromatic N) is 3. The van der Waals surface area contributed by atoms with Gasteiger partial charge in [-0.05, 0) is 38.8 Å². The smallest absolute Gasteiger partial charge is 0.242 e. The van der Waals surface area contributed by atoms with Gasteiger partial charge in [0, 0.05) is 12.6 Å². The van der Waals surface area contributed by atoms with Crippen LogP contribution < -0.4 is 4.90 Å². The molecule has 7 heteroatoms. The molecule has 0 aromatic carbocycles. The van der Waals surface area contributed by atoms with Crippen molar-refractivity contribution in [3.8, 4) is 6.07 Å². The summed E-state index contributed by atoms with van der Waals surface area (Å²) >= 11 is 0. The van der Waals surface area contributed by atoms with Gasteiger partial charge in [0.1, 0.15) is 17.5 Å². The third-order valence-electron chi connectivity index (χ3n) is 6.25. The van der Waals surface area contributed by atoms with Crippen molar-refractivity contribution in [1.82, 2.24) is 4.98 Å². The zero-order valence-electron chi connectivity index (χ0n) is 14.5. The van der Waals surface area contributed by atoms with E-state index < -0.39 is 29.1 Å². The van der Waals surface area contributed by atoms with Gasteiger partial charge in [0.25, 0.3) is 0 Å². The van der Waals surface area contributed by atoms with Crippen LogP contribution in [-0.4, -0.2) is 39.2 Å². The summed E-state index contributed by atoms with van der Waals surface area (Å²) in [5.41, 5.74) is -0.170. The van der Waals surface area contributed by atoms with Crippen molar-refractivity contribution >= 4 is 17.6 Å². The second kappa shape index (κ2) is 4.65. The fourth-order valence-corrected chi connectivity index (χ4v) is 4.76. The average Bonchev–Trinajstić information content (AvgIpc) is 3.05. The number of amides is 2. The Morgan fingerprint density at radius 2 is 1.92 bits per heavy atom. The molecule has 2 amide bonds. The Bertz CT molecular complexity index is 876. The van der Waals surface area contributed by atoms with Gasteiger partial charge < -0.3 is 9.84 Å². The SMILES string of the molecule is Cc1c(C#N)cnc(N2C(=O)[C@@H]3[C@H](C2=O)C2(C)C[C@H](O)C3(C)O2)c1C. The first-order valence-corrected chi connectivity index (χ1v) is 8.28. The molecule has 4 rings (SSSR count). The molecule has 0 saturated carbocycles. The highest BCUT2D eigenvalue weighted by Gasteiger charge is 2.75. The van der Waals surface area contributed by atoms with E-state index in [1.807, 2.05) is 0 Å². The zero-order valence-corrected chi connectivity index (χ0v) is 14.5. The van der Waals surface area contributed by atoms with Crippen molar-refractivity contribution < 1.29 is 19.4 Å². The maximum Gasteiger partial charge on any atom is 0.242 e. The first-order chi connectivity index (χ1) is 11.7. The van der Waals surface area contributed by atoms with Gasteiger partial charge >= 0.3 is 0 Å². The van der Waals surface area contributed by atoms with Crippen molar-refractivity contribution in [1.29, 1.82) is 5.26 Å². The highest BCUT2D eigenvalue weighted by atomic mass is 16.6. The first-order valence-electron chi connectivity index (χ1n) is 8.28. The largest absolute Gasteiger partial charge is 0.390 e. The molecule has 0 radical (unpaired) electrons. The molecule has 3 aliphatic rings. The van der Waals surface area contributed by atoms with Gasteiger partial charge in [-0.15, -0.1) is 0 Å². The lowest BCUT2D eigenvalue weighted by atomic mass is 9.67. The maximum absolute atomic E-state index is 13.1. The van der Waals surface area contributed by atoms with Gasteiger partial charge in [0.05, 0.1) is 29.1 Å². The lowest BCUT2D eigenvalue weighted by Gasteiger charge is -2.31. The Hall–Kier alpha value is -2.30. The molecular formula is C18H19N3O4. The maximum atomic E-state index is 13.1. The fraction of sp³-hybridized carbons (Fsp3) is 0.556. The molecule has 2 bridgehead atoms. The summed E-state index contributed by atoms with van der Waals surface area (Å²) in [4.78, 5) is 31.5. The molecule has 1 N–H and O–H groups in total. The zero-order chi connectivity index (χ0) is 18.3. The molecule has 3 aliphatic heterocycles. The molecule has 7 nitrogen and oxygen atoms in total. The van der Waals surface area contributed by atoms with Crippen molar-refractivity contribution in [2.45, 2.75) is 51.4 Å². The van der Waals surface area contributed by atoms with E-state index in [-0.39, 0.29) is 17.6 Å². The minimum Gasteiger partial charge on any atom is -0.390 e. The summed E-state index contributed by atoms with van der Waals surface area (Å²) < 4.78 is 5.96. The summed E-state index contributed by atoms with van der Waals surface area (Å²) in [7, 11) is 0. The van der Waals surface area contributed by atoms with E-state index in [4.69, 9.17) is 10.00 Å². The topological polar surface area (TPSA) is 104 Å². The number of aliphatic hydroxyl groups excluding tert-OH is 1. The summed E-state index contributed by atoms with van der Waals surface area (Å²) in [6, 6.07) is 2.05. The number of fused-ring (bicyclic) bond motifs is 5.